The van der Waals surface area contributed by atoms with Gasteiger partial charge in [0.15, 0.2) is 11.5 Å². The fraction of sp³-hybridized carbons (Fsp3) is 0.310. The number of aliphatic hydroxyl groups excluding tert-OH is 1. The maximum Gasteiger partial charge on any atom is 0.271 e. The van der Waals surface area contributed by atoms with Crippen molar-refractivity contribution in [2.75, 3.05) is 45.8 Å². The molecule has 3 aromatic rings. The maximum absolute atomic E-state index is 13.3. The van der Waals surface area contributed by atoms with Gasteiger partial charge in [-0.2, -0.15) is 0 Å². The summed E-state index contributed by atoms with van der Waals surface area (Å²) in [7, 11) is 3.92. The van der Waals surface area contributed by atoms with Crippen molar-refractivity contribution in [3.8, 4) is 11.5 Å². The van der Waals surface area contributed by atoms with Crippen LogP contribution in [0.5, 0.6) is 11.5 Å². The van der Waals surface area contributed by atoms with Gasteiger partial charge in [-0.15, -0.1) is 0 Å². The Balaban J connectivity index is 0.00000187. The number of nitrogens with one attached hydrogen (secondary N) is 4. The summed E-state index contributed by atoms with van der Waals surface area (Å²) >= 11 is 0. The minimum absolute atomic E-state index is 0.0600. The Bertz CT molecular complexity index is 1250. The van der Waals surface area contributed by atoms with Gasteiger partial charge < -0.3 is 30.5 Å². The van der Waals surface area contributed by atoms with Crippen LogP contribution < -0.4 is 31.4 Å². The predicted octanol–water partition coefficient (Wildman–Crippen LogP) is 2.32. The Morgan fingerprint density at radius 2 is 1.73 bits per heavy atom. The van der Waals surface area contributed by atoms with E-state index in [1.165, 1.54) is 6.20 Å². The van der Waals surface area contributed by atoms with Crippen molar-refractivity contribution in [3.63, 3.8) is 0 Å². The number of aliphatic hydroxyl groups is 1. The molecule has 0 spiro atoms. The number of nitrogens with two attached hydrogens (primary N) is 1. The molecule has 12 nitrogen and oxygen atoms in total. The highest BCUT2D eigenvalue weighted by Gasteiger charge is 2.23. The van der Waals surface area contributed by atoms with Crippen molar-refractivity contribution < 1.29 is 24.2 Å². The number of carbonyl (C=O) groups excluding carboxylic acids is 2. The summed E-state index contributed by atoms with van der Waals surface area (Å²) in [4.78, 5) is 31.7. The summed E-state index contributed by atoms with van der Waals surface area (Å²) in [5.41, 5.74) is 12.5. The van der Waals surface area contributed by atoms with Gasteiger partial charge >= 0.3 is 0 Å². The lowest BCUT2D eigenvalue weighted by Gasteiger charge is -2.22. The molecular formula is C29H39N7O5. The third-order valence-electron chi connectivity index (χ3n) is 5.39. The first-order valence-corrected chi connectivity index (χ1v) is 13.1. The number of hydrogen-bond acceptors (Lipinski definition) is 9. The molecule has 0 radical (unpaired) electrons. The van der Waals surface area contributed by atoms with Crippen LogP contribution >= 0.6 is 0 Å². The molecule has 0 aliphatic heterocycles. The zero-order chi connectivity index (χ0) is 30.2. The summed E-state index contributed by atoms with van der Waals surface area (Å²) in [6, 6.07) is 14.3. The molecule has 3 rings (SSSR count). The van der Waals surface area contributed by atoms with E-state index in [4.69, 9.17) is 25.7 Å². The number of likely N-dealkylation sites (N-methyl/N-ethyl adjacent to an activating group) is 1. The van der Waals surface area contributed by atoms with E-state index in [0.29, 0.717) is 47.1 Å². The molecule has 2 amide bonds. The number of pyridine rings is 1. The molecule has 0 saturated carbocycles. The number of aromatic nitrogens is 1. The Hall–Kier alpha value is -4.68. The summed E-state index contributed by atoms with van der Waals surface area (Å²) in [6.07, 6.45) is 2.95. The van der Waals surface area contributed by atoms with E-state index in [2.05, 4.69) is 21.2 Å². The van der Waals surface area contributed by atoms with E-state index < -0.39 is 17.9 Å². The molecule has 7 N–H and O–H groups in total. The number of amidine groups is 1. The number of nitrogen functional groups attached to an aromatic ring is 1. The van der Waals surface area contributed by atoms with Gasteiger partial charge in [0.05, 0.1) is 12.2 Å². The summed E-state index contributed by atoms with van der Waals surface area (Å²) in [5.74, 6) is -0.0191. The average Bonchev–Trinajstić information content (AvgIpc) is 2.96. The molecule has 0 aliphatic rings. The van der Waals surface area contributed by atoms with Gasteiger partial charge in [0, 0.05) is 36.8 Å². The number of anilines is 1. The smallest absolute Gasteiger partial charge is 0.271 e. The molecule has 12 heteroatoms. The van der Waals surface area contributed by atoms with Crippen LogP contribution in [0.2, 0.25) is 0 Å². The van der Waals surface area contributed by atoms with E-state index >= 15 is 0 Å². The third-order valence-corrected chi connectivity index (χ3v) is 5.39. The highest BCUT2D eigenvalue weighted by molar-refractivity contribution is 5.96. The molecule has 0 bridgehead atoms. The minimum atomic E-state index is -0.914. The Labute approximate surface area is 240 Å². The fourth-order valence-corrected chi connectivity index (χ4v) is 3.40. The lowest BCUT2D eigenvalue weighted by atomic mass is 10.0. The molecule has 220 valence electrons. The second kappa shape index (κ2) is 17.1. The Morgan fingerprint density at radius 3 is 2.32 bits per heavy atom. The molecule has 41 heavy (non-hydrogen) atoms. The molecule has 1 aromatic heterocycles. The van der Waals surface area contributed by atoms with Crippen molar-refractivity contribution >= 4 is 23.3 Å². The number of ether oxygens (including phenoxy) is 2. The van der Waals surface area contributed by atoms with E-state index in [0.717, 1.165) is 6.54 Å². The van der Waals surface area contributed by atoms with Crippen LogP contribution in [0.25, 0.3) is 0 Å². The van der Waals surface area contributed by atoms with Crippen LogP contribution in [-0.2, 0) is 4.79 Å². The number of hydrazine groups is 1. The van der Waals surface area contributed by atoms with Crippen molar-refractivity contribution in [2.45, 2.75) is 19.9 Å². The van der Waals surface area contributed by atoms with Crippen LogP contribution in [0.4, 0.5) is 5.69 Å². The van der Waals surface area contributed by atoms with E-state index in [-0.39, 0.29) is 12.4 Å². The zero-order valence-electron chi connectivity index (χ0n) is 23.8. The summed E-state index contributed by atoms with van der Waals surface area (Å²) in [6.45, 7) is 5.40. The number of rotatable bonds is 12. The topological polar surface area (TPSA) is 175 Å². The first-order valence-electron chi connectivity index (χ1n) is 13.1. The standard InChI is InChI=1S/C27H33N7O4.C2H6O/c1-4-37-23-16-19(9-12-22(23)38-15-14-34(2)3)24(31-21-10-7-18(8-11-21)25(28)29)27(36)33-32-26(35)20-6-5-13-30-17-20;1-2-3/h5-13,16-17,24,31H,4,14-15H2,1-3H3,(H3,28,29)(H,32,35)(H,33,36);3H,2H2,1H3. The number of nitrogens with zero attached hydrogens (tertiary/aromatic N) is 2. The molecule has 1 atom stereocenters. The summed E-state index contributed by atoms with van der Waals surface area (Å²) in [5, 5.41) is 18.3. The molecule has 0 saturated heterocycles. The van der Waals surface area contributed by atoms with E-state index in [1.54, 1.807) is 67.7 Å². The Kier molecular flexibility index (Phi) is 13.6. The molecule has 0 fully saturated rings. The third kappa shape index (κ3) is 10.8. The normalized spacial score (nSPS) is 11.0. The van der Waals surface area contributed by atoms with Gasteiger partial charge in [-0.1, -0.05) is 6.07 Å². The van der Waals surface area contributed by atoms with Crippen LogP contribution in [-0.4, -0.2) is 73.1 Å². The van der Waals surface area contributed by atoms with Crippen molar-refractivity contribution in [2.24, 2.45) is 5.73 Å². The second-order valence-electron chi connectivity index (χ2n) is 8.86. The lowest BCUT2D eigenvalue weighted by Crippen LogP contribution is -2.45. The lowest BCUT2D eigenvalue weighted by molar-refractivity contribution is -0.122. The van der Waals surface area contributed by atoms with Crippen LogP contribution in [0.3, 0.4) is 0 Å². The highest BCUT2D eigenvalue weighted by atomic mass is 16.5. The van der Waals surface area contributed by atoms with Gasteiger partial charge in [0.2, 0.25) is 0 Å². The average molecular weight is 566 g/mol. The van der Waals surface area contributed by atoms with Crippen molar-refractivity contribution in [1.82, 2.24) is 20.7 Å². The highest BCUT2D eigenvalue weighted by Crippen LogP contribution is 2.32. The van der Waals surface area contributed by atoms with Gasteiger partial charge in [0.1, 0.15) is 18.5 Å². The molecule has 0 aliphatic carbocycles. The molecular weight excluding hydrogens is 526 g/mol. The van der Waals surface area contributed by atoms with Gasteiger partial charge in [-0.3, -0.25) is 30.8 Å². The molecule has 1 heterocycles. The van der Waals surface area contributed by atoms with Crippen LogP contribution in [0, 0.1) is 5.41 Å². The molecule has 2 aromatic carbocycles. The fourth-order valence-electron chi connectivity index (χ4n) is 3.40. The van der Waals surface area contributed by atoms with Gasteiger partial charge in [-0.05, 0) is 82.0 Å². The van der Waals surface area contributed by atoms with Crippen LogP contribution in [0.1, 0.15) is 41.4 Å². The maximum atomic E-state index is 13.3. The number of amides is 2. The zero-order valence-corrected chi connectivity index (χ0v) is 23.8. The Morgan fingerprint density at radius 1 is 1.02 bits per heavy atom. The van der Waals surface area contributed by atoms with Crippen molar-refractivity contribution in [1.29, 1.82) is 5.41 Å². The van der Waals surface area contributed by atoms with Gasteiger partial charge in [0.25, 0.3) is 11.8 Å². The number of carbonyl (C=O) groups is 2. The monoisotopic (exact) mass is 565 g/mol. The number of hydrogen-bond donors (Lipinski definition) is 6. The van der Waals surface area contributed by atoms with Gasteiger partial charge in [-0.25, -0.2) is 0 Å². The quantitative estimate of drug-likeness (QED) is 0.109. The SMILES string of the molecule is CCO.CCOc1cc(C(Nc2ccc(C(=N)N)cc2)C(=O)NNC(=O)c2cccnc2)ccc1OCCN(C)C. The van der Waals surface area contributed by atoms with E-state index in [1.807, 2.05) is 25.9 Å². The van der Waals surface area contributed by atoms with E-state index in [9.17, 15) is 9.59 Å². The largest absolute Gasteiger partial charge is 0.490 e. The minimum Gasteiger partial charge on any atom is -0.490 e. The summed E-state index contributed by atoms with van der Waals surface area (Å²) < 4.78 is 11.7. The van der Waals surface area contributed by atoms with Crippen molar-refractivity contribution in [3.05, 3.63) is 83.7 Å². The number of benzene rings is 2. The predicted molar refractivity (Wildman–Crippen MR) is 158 cm³/mol. The first-order chi connectivity index (χ1) is 19.7. The van der Waals surface area contributed by atoms with Crippen LogP contribution in [0.15, 0.2) is 67.0 Å². The molecule has 1 unspecified atom stereocenters. The second-order valence-corrected chi connectivity index (χ2v) is 8.86. The first kappa shape index (κ1) is 32.5.